The van der Waals surface area contributed by atoms with Crippen molar-refractivity contribution < 1.29 is 9.84 Å². The summed E-state index contributed by atoms with van der Waals surface area (Å²) in [5.74, 6) is 1.92. The zero-order chi connectivity index (χ0) is 12.7. The lowest BCUT2D eigenvalue weighted by molar-refractivity contribution is 0.0873. The summed E-state index contributed by atoms with van der Waals surface area (Å²) < 4.78 is 6.77. The fraction of sp³-hybridized carbons (Fsp3) is 0.600. The Morgan fingerprint density at radius 2 is 2.22 bits per heavy atom. The summed E-state index contributed by atoms with van der Waals surface area (Å²) in [5.41, 5.74) is 2.21. The average Bonchev–Trinajstić information content (AvgIpc) is 2.95. The second-order valence-electron chi connectivity index (χ2n) is 5.60. The second kappa shape index (κ2) is 4.86. The molecule has 1 N–H and O–H groups in total. The van der Waals surface area contributed by atoms with Crippen LogP contribution in [0, 0.1) is 11.8 Å². The highest BCUT2D eigenvalue weighted by Crippen LogP contribution is 2.45. The molecule has 1 aliphatic carbocycles. The Labute approximate surface area is 116 Å². The first kappa shape index (κ1) is 12.5. The topological polar surface area (TPSA) is 29.5 Å². The molecule has 0 saturated heterocycles. The van der Waals surface area contributed by atoms with Crippen molar-refractivity contribution in [1.29, 1.82) is 0 Å². The van der Waals surface area contributed by atoms with Crippen molar-refractivity contribution in [3.63, 3.8) is 0 Å². The van der Waals surface area contributed by atoms with Crippen LogP contribution >= 0.6 is 15.9 Å². The minimum atomic E-state index is -0.383. The number of ether oxygens (including phenoxy) is 1. The first-order chi connectivity index (χ1) is 8.66. The third kappa shape index (κ3) is 2.08. The normalized spacial score (nSPS) is 27.9. The van der Waals surface area contributed by atoms with Gasteiger partial charge in [-0.05, 0) is 36.0 Å². The second-order valence-corrected chi connectivity index (χ2v) is 6.51. The van der Waals surface area contributed by atoms with Crippen LogP contribution < -0.4 is 4.74 Å². The Hall–Kier alpha value is -0.540. The lowest BCUT2D eigenvalue weighted by atomic mass is 9.87. The molecule has 3 heteroatoms. The predicted octanol–water partition coefficient (Wildman–Crippen LogP) is 3.85. The van der Waals surface area contributed by atoms with Gasteiger partial charge in [0.2, 0.25) is 0 Å². The molecule has 1 aromatic carbocycles. The molecule has 0 bridgehead atoms. The van der Waals surface area contributed by atoms with Gasteiger partial charge in [-0.25, -0.2) is 0 Å². The standard InChI is InChI=1S/C15H19BrO2/c1-9-3-2-4-12(9)14(17)13-8-11(16)7-10-5-6-18-15(10)13/h7-9,12,14,17H,2-6H2,1H3. The van der Waals surface area contributed by atoms with Crippen LogP contribution in [0.4, 0.5) is 0 Å². The first-order valence-corrected chi connectivity index (χ1v) is 7.59. The van der Waals surface area contributed by atoms with E-state index in [1.165, 1.54) is 18.4 Å². The van der Waals surface area contributed by atoms with E-state index in [9.17, 15) is 5.11 Å². The van der Waals surface area contributed by atoms with Crippen LogP contribution in [0.15, 0.2) is 16.6 Å². The minimum absolute atomic E-state index is 0.382. The lowest BCUT2D eigenvalue weighted by Crippen LogP contribution is -2.16. The van der Waals surface area contributed by atoms with Crippen LogP contribution in [0.25, 0.3) is 0 Å². The molecule has 3 rings (SSSR count). The molecule has 0 amide bonds. The number of aliphatic hydroxyl groups excluding tert-OH is 1. The molecule has 1 aliphatic heterocycles. The summed E-state index contributed by atoms with van der Waals surface area (Å²) in [6.45, 7) is 2.99. The smallest absolute Gasteiger partial charge is 0.128 e. The first-order valence-electron chi connectivity index (χ1n) is 6.80. The number of fused-ring (bicyclic) bond motifs is 1. The van der Waals surface area contributed by atoms with Gasteiger partial charge >= 0.3 is 0 Å². The maximum absolute atomic E-state index is 10.7. The fourth-order valence-corrected chi connectivity index (χ4v) is 3.91. The van der Waals surface area contributed by atoms with Gasteiger partial charge in [0.05, 0.1) is 12.7 Å². The summed E-state index contributed by atoms with van der Waals surface area (Å²) in [5, 5.41) is 10.7. The summed E-state index contributed by atoms with van der Waals surface area (Å²) >= 11 is 3.54. The fourth-order valence-electron chi connectivity index (χ4n) is 3.39. The molecule has 1 aromatic rings. The number of halogens is 1. The number of hydrogen-bond acceptors (Lipinski definition) is 2. The molecule has 1 saturated carbocycles. The highest BCUT2D eigenvalue weighted by Gasteiger charge is 2.33. The molecule has 2 aliphatic rings. The summed E-state index contributed by atoms with van der Waals surface area (Å²) in [7, 11) is 0. The van der Waals surface area contributed by atoms with Gasteiger partial charge in [0.1, 0.15) is 5.75 Å². The Morgan fingerprint density at radius 3 is 2.94 bits per heavy atom. The summed E-state index contributed by atoms with van der Waals surface area (Å²) in [6.07, 6.45) is 4.17. The van der Waals surface area contributed by atoms with Crippen LogP contribution in [-0.2, 0) is 6.42 Å². The van der Waals surface area contributed by atoms with Gasteiger partial charge in [-0.1, -0.05) is 35.7 Å². The molecule has 0 aromatic heterocycles. The van der Waals surface area contributed by atoms with E-state index >= 15 is 0 Å². The summed E-state index contributed by atoms with van der Waals surface area (Å²) in [4.78, 5) is 0. The lowest BCUT2D eigenvalue weighted by Gasteiger charge is -2.24. The molecule has 98 valence electrons. The third-order valence-corrected chi connectivity index (χ3v) is 4.89. The van der Waals surface area contributed by atoms with Gasteiger partial charge in [0.15, 0.2) is 0 Å². The van der Waals surface area contributed by atoms with Crippen molar-refractivity contribution in [3.8, 4) is 5.75 Å². The van der Waals surface area contributed by atoms with E-state index in [-0.39, 0.29) is 6.10 Å². The molecule has 1 fully saturated rings. The van der Waals surface area contributed by atoms with Crippen molar-refractivity contribution >= 4 is 15.9 Å². The average molecular weight is 311 g/mol. The Morgan fingerprint density at radius 1 is 1.39 bits per heavy atom. The van der Waals surface area contributed by atoms with Crippen LogP contribution in [0.3, 0.4) is 0 Å². The molecule has 1 heterocycles. The van der Waals surface area contributed by atoms with E-state index in [4.69, 9.17) is 4.74 Å². The van der Waals surface area contributed by atoms with Crippen LogP contribution in [-0.4, -0.2) is 11.7 Å². The van der Waals surface area contributed by atoms with Crippen molar-refractivity contribution in [3.05, 3.63) is 27.7 Å². The molecule has 0 radical (unpaired) electrons. The molecule has 18 heavy (non-hydrogen) atoms. The van der Waals surface area contributed by atoms with Gasteiger partial charge in [-0.3, -0.25) is 0 Å². The van der Waals surface area contributed by atoms with Crippen molar-refractivity contribution in [2.75, 3.05) is 6.61 Å². The van der Waals surface area contributed by atoms with Gasteiger partial charge in [-0.15, -0.1) is 0 Å². The van der Waals surface area contributed by atoms with E-state index in [0.29, 0.717) is 11.8 Å². The quantitative estimate of drug-likeness (QED) is 0.899. The number of benzene rings is 1. The molecule has 2 nitrogen and oxygen atoms in total. The highest BCUT2D eigenvalue weighted by atomic mass is 79.9. The zero-order valence-electron chi connectivity index (χ0n) is 10.7. The molecule has 3 unspecified atom stereocenters. The van der Waals surface area contributed by atoms with E-state index < -0.39 is 0 Å². The number of rotatable bonds is 2. The van der Waals surface area contributed by atoms with Crippen molar-refractivity contribution in [1.82, 2.24) is 0 Å². The maximum atomic E-state index is 10.7. The molecular weight excluding hydrogens is 292 g/mol. The number of hydrogen-bond donors (Lipinski definition) is 1. The SMILES string of the molecule is CC1CCCC1C(O)c1cc(Br)cc2c1OCC2. The van der Waals surface area contributed by atoms with Crippen molar-refractivity contribution in [2.24, 2.45) is 11.8 Å². The van der Waals surface area contributed by atoms with Gasteiger partial charge < -0.3 is 9.84 Å². The van der Waals surface area contributed by atoms with Crippen LogP contribution in [0.2, 0.25) is 0 Å². The highest BCUT2D eigenvalue weighted by molar-refractivity contribution is 9.10. The maximum Gasteiger partial charge on any atom is 0.128 e. The van der Waals surface area contributed by atoms with Gasteiger partial charge in [0.25, 0.3) is 0 Å². The zero-order valence-corrected chi connectivity index (χ0v) is 12.2. The van der Waals surface area contributed by atoms with Crippen molar-refractivity contribution in [2.45, 2.75) is 38.7 Å². The monoisotopic (exact) mass is 310 g/mol. The van der Waals surface area contributed by atoms with Gasteiger partial charge in [0, 0.05) is 16.5 Å². The van der Waals surface area contributed by atoms with E-state index in [2.05, 4.69) is 28.9 Å². The van der Waals surface area contributed by atoms with Crippen LogP contribution in [0.1, 0.15) is 43.4 Å². The Bertz CT molecular complexity index is 458. The van der Waals surface area contributed by atoms with E-state index in [1.54, 1.807) is 0 Å². The third-order valence-electron chi connectivity index (χ3n) is 4.43. The largest absolute Gasteiger partial charge is 0.493 e. The summed E-state index contributed by atoms with van der Waals surface area (Å²) in [6, 6.07) is 4.14. The Balaban J connectivity index is 1.96. The Kier molecular flexibility index (Phi) is 3.37. The van der Waals surface area contributed by atoms with E-state index in [1.807, 2.05) is 6.07 Å². The minimum Gasteiger partial charge on any atom is -0.493 e. The number of aliphatic hydroxyl groups is 1. The molecular formula is C15H19BrO2. The molecule has 3 atom stereocenters. The molecule has 0 spiro atoms. The van der Waals surface area contributed by atoms with Crippen LogP contribution in [0.5, 0.6) is 5.75 Å². The van der Waals surface area contributed by atoms with E-state index in [0.717, 1.165) is 35.2 Å². The van der Waals surface area contributed by atoms with Gasteiger partial charge in [-0.2, -0.15) is 0 Å². The predicted molar refractivity (Wildman–Crippen MR) is 74.8 cm³/mol.